The molecule has 0 unspecified atom stereocenters. The molecule has 7 nitrogen and oxygen atoms in total. The van der Waals surface area contributed by atoms with Crippen LogP contribution in [0.25, 0.3) is 16.8 Å². The van der Waals surface area contributed by atoms with E-state index in [1.165, 1.54) is 6.20 Å². The second kappa shape index (κ2) is 3.72. The Morgan fingerprint density at radius 1 is 1.59 bits per heavy atom. The third-order valence-corrected chi connectivity index (χ3v) is 2.50. The molecule has 7 heteroatoms. The number of oxazole rings is 1. The van der Waals surface area contributed by atoms with Gasteiger partial charge in [0.15, 0.2) is 5.75 Å². The molecule has 0 fully saturated rings. The number of pyridine rings is 1. The molecule has 3 N–H and O–H groups in total. The topological polar surface area (TPSA) is 89.4 Å². The molecule has 88 valence electrons. The minimum Gasteiger partial charge on any atom is -0.418 e. The highest BCUT2D eigenvalue weighted by Crippen LogP contribution is 2.23. The van der Waals surface area contributed by atoms with Gasteiger partial charge in [-0.25, -0.2) is 15.4 Å². The third kappa shape index (κ3) is 1.71. The van der Waals surface area contributed by atoms with Crippen molar-refractivity contribution in [3.05, 3.63) is 24.4 Å². The van der Waals surface area contributed by atoms with E-state index in [1.807, 2.05) is 18.3 Å². The van der Waals surface area contributed by atoms with Gasteiger partial charge in [0, 0.05) is 31.4 Å². The average Bonchev–Trinajstić information content (AvgIpc) is 2.93. The lowest BCUT2D eigenvalue weighted by molar-refractivity contribution is 0.333. The van der Waals surface area contributed by atoms with Crippen molar-refractivity contribution in [2.75, 3.05) is 13.6 Å². The Morgan fingerprint density at radius 2 is 2.47 bits per heavy atom. The van der Waals surface area contributed by atoms with Crippen molar-refractivity contribution in [1.82, 2.24) is 20.4 Å². The van der Waals surface area contributed by atoms with Gasteiger partial charge >= 0.3 is 0 Å². The Labute approximate surface area is 96.8 Å². The van der Waals surface area contributed by atoms with Crippen LogP contribution in [0.4, 0.5) is 0 Å². The summed E-state index contributed by atoms with van der Waals surface area (Å²) in [6.07, 6.45) is 3.41. The molecule has 2 aromatic heterocycles. The van der Waals surface area contributed by atoms with E-state index in [1.54, 1.807) is 6.07 Å². The van der Waals surface area contributed by atoms with Crippen LogP contribution in [-0.4, -0.2) is 28.6 Å². The Hall–Kier alpha value is -2.12. The molecule has 0 saturated carbocycles. The van der Waals surface area contributed by atoms with Crippen LogP contribution in [0.2, 0.25) is 0 Å². The molecule has 3 heterocycles. The Morgan fingerprint density at radius 3 is 3.18 bits per heavy atom. The van der Waals surface area contributed by atoms with Gasteiger partial charge in [-0.05, 0) is 0 Å². The predicted molar refractivity (Wildman–Crippen MR) is 60.4 cm³/mol. The van der Waals surface area contributed by atoms with Crippen LogP contribution >= 0.6 is 0 Å². The SMILES string of the molecule is CN1C=C(c2nc3cc(ON)cnc3o2)CN1. The average molecular weight is 233 g/mol. The van der Waals surface area contributed by atoms with Gasteiger partial charge in [-0.15, -0.1) is 0 Å². The maximum atomic E-state index is 5.55. The quantitative estimate of drug-likeness (QED) is 0.719. The van der Waals surface area contributed by atoms with Gasteiger partial charge in [0.05, 0.1) is 6.20 Å². The molecular formula is C10H11N5O2. The molecule has 0 saturated heterocycles. The lowest BCUT2D eigenvalue weighted by atomic mass is 10.3. The van der Waals surface area contributed by atoms with Crippen molar-refractivity contribution in [3.63, 3.8) is 0 Å². The largest absolute Gasteiger partial charge is 0.418 e. The molecule has 0 aliphatic carbocycles. The highest BCUT2D eigenvalue weighted by Gasteiger charge is 2.16. The number of aromatic nitrogens is 2. The van der Waals surface area contributed by atoms with Gasteiger partial charge in [0.1, 0.15) is 5.52 Å². The molecule has 0 radical (unpaired) electrons. The number of nitrogens with zero attached hydrogens (tertiary/aromatic N) is 3. The normalized spacial score (nSPS) is 15.4. The van der Waals surface area contributed by atoms with E-state index in [0.717, 1.165) is 5.57 Å². The summed E-state index contributed by atoms with van der Waals surface area (Å²) in [6.45, 7) is 0.684. The number of hydrazine groups is 1. The Kier molecular flexibility index (Phi) is 2.20. The van der Waals surface area contributed by atoms with E-state index >= 15 is 0 Å². The summed E-state index contributed by atoms with van der Waals surface area (Å²) in [5.41, 5.74) is 5.18. The lowest BCUT2D eigenvalue weighted by Crippen LogP contribution is -2.23. The summed E-state index contributed by atoms with van der Waals surface area (Å²) in [6, 6.07) is 1.68. The predicted octanol–water partition coefficient (Wildman–Crippen LogP) is 0.266. The fourth-order valence-electron chi connectivity index (χ4n) is 1.67. The van der Waals surface area contributed by atoms with E-state index in [-0.39, 0.29) is 0 Å². The maximum absolute atomic E-state index is 5.55. The van der Waals surface area contributed by atoms with Gasteiger partial charge in [0.25, 0.3) is 0 Å². The first-order chi connectivity index (χ1) is 8.26. The van der Waals surface area contributed by atoms with Crippen molar-refractivity contribution in [3.8, 4) is 5.75 Å². The van der Waals surface area contributed by atoms with E-state index < -0.39 is 0 Å². The molecule has 1 aliphatic heterocycles. The van der Waals surface area contributed by atoms with E-state index in [9.17, 15) is 0 Å². The van der Waals surface area contributed by atoms with Crippen molar-refractivity contribution in [2.24, 2.45) is 5.90 Å². The summed E-state index contributed by atoms with van der Waals surface area (Å²) >= 11 is 0. The molecule has 0 amide bonds. The molecule has 2 aromatic rings. The molecule has 0 atom stereocenters. The molecule has 17 heavy (non-hydrogen) atoms. The monoisotopic (exact) mass is 233 g/mol. The van der Waals surface area contributed by atoms with E-state index in [4.69, 9.17) is 10.3 Å². The van der Waals surface area contributed by atoms with Crippen LogP contribution in [0.15, 0.2) is 22.9 Å². The van der Waals surface area contributed by atoms with Gasteiger partial charge < -0.3 is 14.3 Å². The lowest BCUT2D eigenvalue weighted by Gasteiger charge is -2.04. The number of rotatable bonds is 2. The van der Waals surface area contributed by atoms with Crippen LogP contribution in [0, 0.1) is 0 Å². The first kappa shape index (κ1) is 10.1. The zero-order valence-corrected chi connectivity index (χ0v) is 9.17. The minimum absolute atomic E-state index is 0.452. The van der Waals surface area contributed by atoms with E-state index in [2.05, 4.69) is 20.2 Å². The summed E-state index contributed by atoms with van der Waals surface area (Å²) in [7, 11) is 1.91. The fraction of sp³-hybridized carbons (Fsp3) is 0.200. The van der Waals surface area contributed by atoms with Crippen LogP contribution in [0.5, 0.6) is 5.75 Å². The fourth-order valence-corrected chi connectivity index (χ4v) is 1.67. The standard InChI is InChI=1S/C10H11N5O2/c1-15-5-6(3-13-15)9-14-8-2-7(17-11)4-12-10(8)16-9/h2,4-5,13H,3,11H2,1H3. The highest BCUT2D eigenvalue weighted by atomic mass is 16.6. The Balaban J connectivity index is 2.04. The first-order valence-electron chi connectivity index (χ1n) is 5.07. The zero-order valence-electron chi connectivity index (χ0n) is 9.17. The maximum Gasteiger partial charge on any atom is 0.247 e. The number of nitrogens with two attached hydrogens (primary N) is 1. The number of hydrogen-bond acceptors (Lipinski definition) is 7. The first-order valence-corrected chi connectivity index (χ1v) is 5.07. The molecule has 3 rings (SSSR count). The van der Waals surface area contributed by atoms with Gasteiger partial charge in [-0.2, -0.15) is 5.90 Å². The summed E-state index contributed by atoms with van der Waals surface area (Å²) in [5, 5.41) is 1.85. The molecule has 0 bridgehead atoms. The van der Waals surface area contributed by atoms with Crippen molar-refractivity contribution < 1.29 is 9.25 Å². The second-order valence-electron chi connectivity index (χ2n) is 3.73. The van der Waals surface area contributed by atoms with Crippen LogP contribution in [0.3, 0.4) is 0 Å². The molecular weight excluding hydrogens is 222 g/mol. The number of fused-ring (bicyclic) bond motifs is 1. The van der Waals surface area contributed by atoms with Crippen LogP contribution in [0.1, 0.15) is 5.89 Å². The van der Waals surface area contributed by atoms with Crippen molar-refractivity contribution >= 4 is 16.8 Å². The minimum atomic E-state index is 0.452. The summed E-state index contributed by atoms with van der Waals surface area (Å²) in [5.74, 6) is 6.07. The van der Waals surface area contributed by atoms with Gasteiger partial charge in [0.2, 0.25) is 11.6 Å². The van der Waals surface area contributed by atoms with Gasteiger partial charge in [-0.3, -0.25) is 0 Å². The second-order valence-corrected chi connectivity index (χ2v) is 3.73. The number of hydrogen-bond donors (Lipinski definition) is 2. The molecule has 1 aliphatic rings. The highest BCUT2D eigenvalue weighted by molar-refractivity contribution is 5.74. The van der Waals surface area contributed by atoms with Crippen LogP contribution in [-0.2, 0) is 0 Å². The van der Waals surface area contributed by atoms with Gasteiger partial charge in [-0.1, -0.05) is 0 Å². The Bertz CT molecular complexity index is 591. The van der Waals surface area contributed by atoms with Crippen molar-refractivity contribution in [2.45, 2.75) is 0 Å². The zero-order chi connectivity index (χ0) is 11.8. The third-order valence-electron chi connectivity index (χ3n) is 2.50. The smallest absolute Gasteiger partial charge is 0.247 e. The molecule has 0 aromatic carbocycles. The van der Waals surface area contributed by atoms with Crippen molar-refractivity contribution in [1.29, 1.82) is 0 Å². The molecule has 0 spiro atoms. The van der Waals surface area contributed by atoms with E-state index in [0.29, 0.717) is 29.4 Å². The number of nitrogens with one attached hydrogen (secondary N) is 1. The summed E-state index contributed by atoms with van der Waals surface area (Å²) < 4.78 is 5.55. The van der Waals surface area contributed by atoms with Crippen LogP contribution < -0.4 is 16.2 Å². The summed E-state index contributed by atoms with van der Waals surface area (Å²) in [4.78, 5) is 13.0.